The van der Waals surface area contributed by atoms with E-state index in [1.54, 1.807) is 0 Å². The SMILES string of the molecule is CC1C=Cc2ccccc2C1c1ccc(-c2nc(-c3cccc4c(-c5cccc6oc7c(-c8ccccc8)cccc7c56)cccc34)nc(-c3cccc4oc5ccccc5c34)n2)cc1. The number of aromatic nitrogens is 3. The first-order valence-electron chi connectivity index (χ1n) is 22.2. The number of benzene rings is 9. The molecule has 0 spiro atoms. The largest absolute Gasteiger partial charge is 0.456 e. The average molecular weight is 834 g/mol. The zero-order valence-electron chi connectivity index (χ0n) is 35.4. The predicted molar refractivity (Wildman–Crippen MR) is 266 cm³/mol. The van der Waals surface area contributed by atoms with Gasteiger partial charge in [-0.05, 0) is 68.3 Å². The molecule has 13 rings (SSSR count). The van der Waals surface area contributed by atoms with Crippen molar-refractivity contribution in [2.75, 3.05) is 0 Å². The Bertz CT molecular complexity index is 3860. The molecule has 0 fully saturated rings. The van der Waals surface area contributed by atoms with Gasteiger partial charge in [0.2, 0.25) is 0 Å². The fraction of sp³-hybridized carbons (Fsp3) is 0.0500. The van der Waals surface area contributed by atoms with Gasteiger partial charge < -0.3 is 8.83 Å². The van der Waals surface area contributed by atoms with E-state index >= 15 is 0 Å². The molecule has 12 aromatic rings. The number of hydrogen-bond donors (Lipinski definition) is 0. The van der Waals surface area contributed by atoms with Gasteiger partial charge >= 0.3 is 0 Å². The Kier molecular flexibility index (Phi) is 8.50. The van der Waals surface area contributed by atoms with Crippen LogP contribution in [0.15, 0.2) is 209 Å². The zero-order valence-corrected chi connectivity index (χ0v) is 35.4. The lowest BCUT2D eigenvalue weighted by molar-refractivity contribution is 0.618. The average Bonchev–Trinajstić information content (AvgIpc) is 3.95. The lowest BCUT2D eigenvalue weighted by Gasteiger charge is -2.28. The molecule has 0 saturated heterocycles. The quantitative estimate of drug-likeness (QED) is 0.167. The van der Waals surface area contributed by atoms with Gasteiger partial charge in [0.05, 0.1) is 0 Å². The summed E-state index contributed by atoms with van der Waals surface area (Å²) in [6, 6.07) is 68.0. The molecule has 306 valence electrons. The van der Waals surface area contributed by atoms with Crippen molar-refractivity contribution in [3.63, 3.8) is 0 Å². The molecule has 5 heteroatoms. The third-order valence-corrected chi connectivity index (χ3v) is 13.3. The van der Waals surface area contributed by atoms with Gasteiger partial charge in [0.1, 0.15) is 22.3 Å². The summed E-state index contributed by atoms with van der Waals surface area (Å²) in [6.45, 7) is 2.30. The summed E-state index contributed by atoms with van der Waals surface area (Å²) in [5.41, 5.74) is 14.4. The Morgan fingerprint density at radius 1 is 0.385 bits per heavy atom. The molecule has 2 unspecified atom stereocenters. The highest BCUT2D eigenvalue weighted by Gasteiger charge is 2.26. The van der Waals surface area contributed by atoms with Gasteiger partial charge in [-0.1, -0.05) is 195 Å². The van der Waals surface area contributed by atoms with E-state index in [2.05, 4.69) is 177 Å². The maximum atomic E-state index is 6.69. The van der Waals surface area contributed by atoms with Gasteiger partial charge in [-0.3, -0.25) is 0 Å². The van der Waals surface area contributed by atoms with Crippen molar-refractivity contribution < 1.29 is 8.83 Å². The topological polar surface area (TPSA) is 65.0 Å². The lowest BCUT2D eigenvalue weighted by Crippen LogP contribution is -2.14. The second-order valence-electron chi connectivity index (χ2n) is 17.1. The Balaban J connectivity index is 0.992. The van der Waals surface area contributed by atoms with Crippen LogP contribution in [0.1, 0.15) is 29.5 Å². The third kappa shape index (κ3) is 6.04. The summed E-state index contributed by atoms with van der Waals surface area (Å²) < 4.78 is 13.1. The van der Waals surface area contributed by atoms with E-state index in [1.165, 1.54) is 16.7 Å². The van der Waals surface area contributed by atoms with Crippen LogP contribution in [0.4, 0.5) is 0 Å². The van der Waals surface area contributed by atoms with Crippen molar-refractivity contribution in [2.24, 2.45) is 5.92 Å². The monoisotopic (exact) mass is 833 g/mol. The minimum absolute atomic E-state index is 0.253. The van der Waals surface area contributed by atoms with Gasteiger partial charge in [-0.25, -0.2) is 15.0 Å². The highest BCUT2D eigenvalue weighted by molar-refractivity contribution is 6.18. The molecule has 0 bridgehead atoms. The molecular weight excluding hydrogens is 795 g/mol. The minimum atomic E-state index is 0.253. The smallest absolute Gasteiger partial charge is 0.164 e. The van der Waals surface area contributed by atoms with Crippen LogP contribution < -0.4 is 0 Å². The standard InChI is InChI=1S/C60H39N3O2/c1-36-30-31-38-16-5-6-17-41(38)54(36)39-32-34-40(35-33-39)58-61-59(63-60(62-58)50-26-13-28-52-56(50)48-18-7-8-27-51(48)64-52)47-24-11-20-43-44(21-10-22-45(43)47)46-23-12-29-53-55(46)49-25-9-19-42(57(49)65-53)37-14-3-2-4-15-37/h2-36,54H,1H3. The summed E-state index contributed by atoms with van der Waals surface area (Å²) in [6.07, 6.45) is 4.57. The molecule has 0 aliphatic heterocycles. The van der Waals surface area contributed by atoms with Gasteiger partial charge in [0, 0.05) is 49.7 Å². The summed E-state index contributed by atoms with van der Waals surface area (Å²) in [5, 5.41) is 6.32. The third-order valence-electron chi connectivity index (χ3n) is 13.3. The number of fused-ring (bicyclic) bond motifs is 8. The minimum Gasteiger partial charge on any atom is -0.456 e. The summed E-state index contributed by atoms with van der Waals surface area (Å²) in [4.78, 5) is 15.9. The number of hydrogen-bond acceptors (Lipinski definition) is 5. The van der Waals surface area contributed by atoms with Crippen molar-refractivity contribution in [1.29, 1.82) is 0 Å². The first-order valence-corrected chi connectivity index (χ1v) is 22.2. The van der Waals surface area contributed by atoms with Gasteiger partial charge in [0.15, 0.2) is 17.5 Å². The predicted octanol–water partition coefficient (Wildman–Crippen LogP) is 16.0. The van der Waals surface area contributed by atoms with Crippen LogP contribution in [0.2, 0.25) is 0 Å². The van der Waals surface area contributed by atoms with Gasteiger partial charge in [-0.15, -0.1) is 0 Å². The number of rotatable bonds is 6. The van der Waals surface area contributed by atoms with Crippen LogP contribution in [0.5, 0.6) is 0 Å². The molecule has 3 heterocycles. The van der Waals surface area contributed by atoms with Gasteiger partial charge in [0.25, 0.3) is 0 Å². The first-order chi connectivity index (χ1) is 32.1. The zero-order chi connectivity index (χ0) is 43.0. The van der Waals surface area contributed by atoms with Crippen LogP contribution in [0.3, 0.4) is 0 Å². The highest BCUT2D eigenvalue weighted by Crippen LogP contribution is 2.44. The molecule has 3 aromatic heterocycles. The molecule has 1 aliphatic carbocycles. The van der Waals surface area contributed by atoms with Crippen molar-refractivity contribution in [2.45, 2.75) is 12.8 Å². The van der Waals surface area contributed by atoms with E-state index in [0.29, 0.717) is 23.4 Å². The Morgan fingerprint density at radius 3 is 1.78 bits per heavy atom. The van der Waals surface area contributed by atoms with Crippen molar-refractivity contribution in [3.8, 4) is 56.4 Å². The molecule has 0 saturated carbocycles. The Morgan fingerprint density at radius 2 is 0.954 bits per heavy atom. The van der Waals surface area contributed by atoms with E-state index in [9.17, 15) is 0 Å². The molecular formula is C60H39N3O2. The van der Waals surface area contributed by atoms with Crippen LogP contribution in [-0.4, -0.2) is 15.0 Å². The fourth-order valence-electron chi connectivity index (χ4n) is 10.3. The van der Waals surface area contributed by atoms with Crippen LogP contribution in [0, 0.1) is 5.92 Å². The summed E-state index contributed by atoms with van der Waals surface area (Å²) >= 11 is 0. The van der Waals surface area contributed by atoms with Crippen molar-refractivity contribution in [3.05, 3.63) is 217 Å². The first kappa shape index (κ1) is 37.2. The number of nitrogens with zero attached hydrogens (tertiary/aromatic N) is 3. The highest BCUT2D eigenvalue weighted by atomic mass is 16.3. The molecule has 65 heavy (non-hydrogen) atoms. The summed E-state index contributed by atoms with van der Waals surface area (Å²) in [5.74, 6) is 2.40. The molecule has 2 atom stereocenters. The second-order valence-corrected chi connectivity index (χ2v) is 17.1. The molecule has 5 nitrogen and oxygen atoms in total. The van der Waals surface area contributed by atoms with Crippen LogP contribution >= 0.6 is 0 Å². The normalized spacial score (nSPS) is 14.8. The Labute approximate surface area is 375 Å². The number of allylic oxidation sites excluding steroid dienone is 1. The van der Waals surface area contributed by atoms with E-state index < -0.39 is 0 Å². The maximum absolute atomic E-state index is 6.69. The molecule has 9 aromatic carbocycles. The molecule has 1 aliphatic rings. The molecule has 0 N–H and O–H groups in total. The molecule has 0 amide bonds. The lowest BCUT2D eigenvalue weighted by atomic mass is 9.76. The summed E-state index contributed by atoms with van der Waals surface area (Å²) in [7, 11) is 0. The van der Waals surface area contributed by atoms with Crippen molar-refractivity contribution in [1.82, 2.24) is 15.0 Å². The van der Waals surface area contributed by atoms with Gasteiger partial charge in [-0.2, -0.15) is 0 Å². The Hall–Kier alpha value is -8.41. The van der Waals surface area contributed by atoms with E-state index in [-0.39, 0.29) is 5.92 Å². The van der Waals surface area contributed by atoms with E-state index in [1.807, 2.05) is 36.4 Å². The van der Waals surface area contributed by atoms with Crippen LogP contribution in [-0.2, 0) is 0 Å². The number of furan rings is 2. The molecule has 0 radical (unpaired) electrons. The second kappa shape index (κ2) is 14.9. The van der Waals surface area contributed by atoms with E-state index in [4.69, 9.17) is 23.8 Å². The van der Waals surface area contributed by atoms with Crippen molar-refractivity contribution >= 4 is 60.7 Å². The maximum Gasteiger partial charge on any atom is 0.164 e. The van der Waals surface area contributed by atoms with E-state index in [0.717, 1.165) is 93.6 Å². The number of para-hydroxylation sites is 2. The fourth-order valence-corrected chi connectivity index (χ4v) is 10.3. The van der Waals surface area contributed by atoms with Crippen LogP contribution in [0.25, 0.3) is 117 Å².